The fraction of sp³-hybridized carbons (Fsp3) is 0.364. The number of sulfonamides is 1. The summed E-state index contributed by atoms with van der Waals surface area (Å²) in [6.45, 7) is 1.92. The summed E-state index contributed by atoms with van der Waals surface area (Å²) in [6.07, 6.45) is 0.213. The number of carbonyl (C=O) groups excluding carboxylic acids is 1. The van der Waals surface area contributed by atoms with Crippen LogP contribution in [0.1, 0.15) is 12.5 Å². The Morgan fingerprint density at radius 1 is 1.50 bits per heavy atom. The first-order valence-corrected chi connectivity index (χ1v) is 7.06. The third-order valence-electron chi connectivity index (χ3n) is 2.72. The van der Waals surface area contributed by atoms with Crippen LogP contribution < -0.4 is 15.8 Å². The van der Waals surface area contributed by atoms with Crippen molar-refractivity contribution in [3.63, 3.8) is 0 Å². The largest absolute Gasteiger partial charge is 0.329 e. The lowest BCUT2D eigenvalue weighted by molar-refractivity contribution is -0.115. The minimum absolute atomic E-state index is 0.122. The van der Waals surface area contributed by atoms with E-state index in [-0.39, 0.29) is 29.8 Å². The van der Waals surface area contributed by atoms with Crippen molar-refractivity contribution in [2.75, 3.05) is 11.9 Å². The van der Waals surface area contributed by atoms with E-state index in [1.807, 2.05) is 0 Å². The zero-order valence-electron chi connectivity index (χ0n) is 9.93. The van der Waals surface area contributed by atoms with Crippen LogP contribution in [0, 0.1) is 0 Å². The van der Waals surface area contributed by atoms with Gasteiger partial charge in [-0.1, -0.05) is 0 Å². The van der Waals surface area contributed by atoms with E-state index >= 15 is 0 Å². The van der Waals surface area contributed by atoms with Gasteiger partial charge in [-0.05, 0) is 30.7 Å². The maximum Gasteiger partial charge on any atom is 0.240 e. The van der Waals surface area contributed by atoms with Gasteiger partial charge in [-0.2, -0.15) is 0 Å². The zero-order valence-corrected chi connectivity index (χ0v) is 10.8. The van der Waals surface area contributed by atoms with Crippen molar-refractivity contribution in [1.82, 2.24) is 4.72 Å². The number of hydrogen-bond acceptors (Lipinski definition) is 4. The number of fused-ring (bicyclic) bond motifs is 1. The Hall–Kier alpha value is -1.44. The van der Waals surface area contributed by atoms with E-state index in [2.05, 4.69) is 10.0 Å². The number of benzene rings is 1. The topological polar surface area (TPSA) is 101 Å². The lowest BCUT2D eigenvalue weighted by Crippen LogP contribution is -2.37. The highest BCUT2D eigenvalue weighted by Crippen LogP contribution is 2.25. The molecule has 6 nitrogen and oxygen atoms in total. The van der Waals surface area contributed by atoms with Crippen LogP contribution >= 0.6 is 0 Å². The quantitative estimate of drug-likeness (QED) is 0.705. The van der Waals surface area contributed by atoms with Gasteiger partial charge < -0.3 is 11.1 Å². The number of nitrogens with one attached hydrogen (secondary N) is 2. The third kappa shape index (κ3) is 2.53. The Balaban J connectivity index is 2.30. The molecule has 0 bridgehead atoms. The molecule has 7 heteroatoms. The predicted octanol–water partition coefficient (Wildman–Crippen LogP) is -0.193. The summed E-state index contributed by atoms with van der Waals surface area (Å²) >= 11 is 0. The van der Waals surface area contributed by atoms with Gasteiger partial charge in [0, 0.05) is 18.3 Å². The molecule has 1 heterocycles. The summed E-state index contributed by atoms with van der Waals surface area (Å²) in [7, 11) is -3.58. The monoisotopic (exact) mass is 269 g/mol. The molecule has 0 aliphatic carbocycles. The lowest BCUT2D eigenvalue weighted by atomic mass is 10.2. The van der Waals surface area contributed by atoms with E-state index in [1.54, 1.807) is 13.0 Å². The minimum Gasteiger partial charge on any atom is -0.329 e. The summed E-state index contributed by atoms with van der Waals surface area (Å²) in [5.41, 5.74) is 6.75. The van der Waals surface area contributed by atoms with Crippen molar-refractivity contribution < 1.29 is 13.2 Å². The molecule has 98 valence electrons. The molecule has 0 radical (unpaired) electrons. The molecule has 0 saturated carbocycles. The molecule has 2 rings (SSSR count). The van der Waals surface area contributed by atoms with Crippen LogP contribution in [0.25, 0.3) is 0 Å². The highest BCUT2D eigenvalue weighted by molar-refractivity contribution is 7.89. The summed E-state index contributed by atoms with van der Waals surface area (Å²) in [6, 6.07) is 4.25. The van der Waals surface area contributed by atoms with Gasteiger partial charge in [0.25, 0.3) is 0 Å². The molecule has 0 fully saturated rings. The summed E-state index contributed by atoms with van der Waals surface area (Å²) in [5.74, 6) is -0.122. The first-order chi connectivity index (χ1) is 8.42. The molecule has 1 aliphatic heterocycles. The summed E-state index contributed by atoms with van der Waals surface area (Å²) in [4.78, 5) is 11.3. The predicted molar refractivity (Wildman–Crippen MR) is 67.6 cm³/mol. The second-order valence-corrected chi connectivity index (χ2v) is 6.02. The Morgan fingerprint density at radius 2 is 2.22 bits per heavy atom. The Kier molecular flexibility index (Phi) is 3.38. The summed E-state index contributed by atoms with van der Waals surface area (Å²) in [5, 5.41) is 2.65. The molecule has 1 aromatic carbocycles. The van der Waals surface area contributed by atoms with Gasteiger partial charge in [-0.25, -0.2) is 13.1 Å². The number of anilines is 1. The van der Waals surface area contributed by atoms with Crippen molar-refractivity contribution in [2.45, 2.75) is 24.3 Å². The standard InChI is InChI=1S/C11H15N3O3S/c1-7(6-12)14-18(16,17)9-2-3-10-8(4-9)5-11(15)13-10/h2-4,7,14H,5-6,12H2,1H3,(H,13,15). The normalized spacial score (nSPS) is 16.2. The van der Waals surface area contributed by atoms with E-state index in [0.717, 1.165) is 0 Å². The van der Waals surface area contributed by atoms with Gasteiger partial charge in [0.1, 0.15) is 0 Å². The second kappa shape index (κ2) is 4.68. The molecule has 1 amide bonds. The molecule has 18 heavy (non-hydrogen) atoms. The molecule has 4 N–H and O–H groups in total. The first-order valence-electron chi connectivity index (χ1n) is 5.57. The molecule has 0 aromatic heterocycles. The average molecular weight is 269 g/mol. The van der Waals surface area contributed by atoms with Crippen molar-refractivity contribution in [3.05, 3.63) is 23.8 Å². The Labute approximate surface area is 106 Å². The number of hydrogen-bond donors (Lipinski definition) is 3. The van der Waals surface area contributed by atoms with Crippen molar-refractivity contribution in [2.24, 2.45) is 5.73 Å². The molecule has 1 atom stereocenters. The number of amides is 1. The van der Waals surface area contributed by atoms with Crippen LogP contribution in [0.15, 0.2) is 23.1 Å². The Morgan fingerprint density at radius 3 is 2.89 bits per heavy atom. The SMILES string of the molecule is CC(CN)NS(=O)(=O)c1ccc2c(c1)CC(=O)N2. The van der Waals surface area contributed by atoms with E-state index in [4.69, 9.17) is 5.73 Å². The fourth-order valence-electron chi connectivity index (χ4n) is 1.75. The van der Waals surface area contributed by atoms with Gasteiger partial charge in [0.15, 0.2) is 0 Å². The lowest BCUT2D eigenvalue weighted by Gasteiger charge is -2.12. The molecular weight excluding hydrogens is 254 g/mol. The average Bonchev–Trinajstić information content (AvgIpc) is 2.67. The molecule has 1 aromatic rings. The molecule has 0 saturated heterocycles. The highest BCUT2D eigenvalue weighted by atomic mass is 32.2. The minimum atomic E-state index is -3.58. The van der Waals surface area contributed by atoms with Gasteiger partial charge >= 0.3 is 0 Å². The fourth-order valence-corrected chi connectivity index (χ4v) is 3.06. The van der Waals surface area contributed by atoms with Crippen LogP contribution in [0.3, 0.4) is 0 Å². The maximum absolute atomic E-state index is 12.0. The van der Waals surface area contributed by atoms with Gasteiger partial charge in [0.05, 0.1) is 11.3 Å². The third-order valence-corrected chi connectivity index (χ3v) is 4.31. The van der Waals surface area contributed by atoms with E-state index < -0.39 is 10.0 Å². The van der Waals surface area contributed by atoms with Gasteiger partial charge in [-0.15, -0.1) is 0 Å². The first kappa shape index (κ1) is 13.0. The van der Waals surface area contributed by atoms with Crippen molar-refractivity contribution in [3.8, 4) is 0 Å². The zero-order chi connectivity index (χ0) is 13.3. The van der Waals surface area contributed by atoms with Crippen LogP contribution in [0.4, 0.5) is 5.69 Å². The maximum atomic E-state index is 12.0. The van der Waals surface area contributed by atoms with Gasteiger partial charge in [0.2, 0.25) is 15.9 Å². The molecule has 0 spiro atoms. The van der Waals surface area contributed by atoms with E-state index in [1.165, 1.54) is 12.1 Å². The van der Waals surface area contributed by atoms with Crippen LogP contribution in [-0.4, -0.2) is 26.9 Å². The van der Waals surface area contributed by atoms with E-state index in [0.29, 0.717) is 11.3 Å². The Bertz CT molecular complexity index is 583. The summed E-state index contributed by atoms with van der Waals surface area (Å²) < 4.78 is 26.5. The van der Waals surface area contributed by atoms with Crippen LogP contribution in [-0.2, 0) is 21.2 Å². The highest BCUT2D eigenvalue weighted by Gasteiger charge is 2.22. The second-order valence-electron chi connectivity index (χ2n) is 4.30. The number of carbonyl (C=O) groups is 1. The van der Waals surface area contributed by atoms with Crippen molar-refractivity contribution in [1.29, 1.82) is 0 Å². The number of rotatable bonds is 4. The van der Waals surface area contributed by atoms with Crippen LogP contribution in [0.5, 0.6) is 0 Å². The molecule has 1 aliphatic rings. The van der Waals surface area contributed by atoms with Crippen LogP contribution in [0.2, 0.25) is 0 Å². The van der Waals surface area contributed by atoms with Crippen molar-refractivity contribution >= 4 is 21.6 Å². The smallest absolute Gasteiger partial charge is 0.240 e. The molecule has 1 unspecified atom stereocenters. The van der Waals surface area contributed by atoms with E-state index in [9.17, 15) is 13.2 Å². The van der Waals surface area contributed by atoms with Gasteiger partial charge in [-0.3, -0.25) is 4.79 Å². The molecular formula is C11H15N3O3S. The number of nitrogens with two attached hydrogens (primary N) is 1.